The zero-order chi connectivity index (χ0) is 25.3. The summed E-state index contributed by atoms with van der Waals surface area (Å²) < 4.78 is 0. The smallest absolute Gasteiger partial charge is 0.251 e. The molecule has 0 aliphatic carbocycles. The zero-order valence-electron chi connectivity index (χ0n) is 20.6. The van der Waals surface area contributed by atoms with Crippen LogP contribution in [-0.4, -0.2) is 35.8 Å². The molecule has 0 aliphatic heterocycles. The number of rotatable bonds is 9. The number of hydrogen-bond donors (Lipinski definition) is 2. The summed E-state index contributed by atoms with van der Waals surface area (Å²) >= 11 is 0. The van der Waals surface area contributed by atoms with E-state index in [9.17, 15) is 9.59 Å². The number of pyridine rings is 1. The van der Waals surface area contributed by atoms with Crippen LogP contribution < -0.4 is 10.6 Å². The van der Waals surface area contributed by atoms with Gasteiger partial charge < -0.3 is 15.5 Å². The fraction of sp³-hybridized carbons (Fsp3) is 0.167. The Morgan fingerprint density at radius 3 is 1.92 bits per heavy atom. The lowest BCUT2D eigenvalue weighted by atomic mass is 10.0. The summed E-state index contributed by atoms with van der Waals surface area (Å²) in [6.45, 7) is 1.67. The first-order chi connectivity index (χ1) is 17.5. The second kappa shape index (κ2) is 11.9. The first-order valence-electron chi connectivity index (χ1n) is 11.9. The third-order valence-electron chi connectivity index (χ3n) is 5.78. The SMILES string of the molecule is CN(C)Cc1ccc(CNC(=O)c2cccc(CNC(=O)c3ccc(-c4ccncc4)cc3)c2)cc1. The van der Waals surface area contributed by atoms with E-state index < -0.39 is 0 Å². The Balaban J connectivity index is 1.30. The molecule has 6 nitrogen and oxygen atoms in total. The van der Waals surface area contributed by atoms with E-state index in [-0.39, 0.29) is 11.8 Å². The number of amides is 2. The molecule has 6 heteroatoms. The molecule has 182 valence electrons. The minimum Gasteiger partial charge on any atom is -0.348 e. The van der Waals surface area contributed by atoms with Gasteiger partial charge in [0.15, 0.2) is 0 Å². The minimum absolute atomic E-state index is 0.146. The van der Waals surface area contributed by atoms with Crippen LogP contribution in [0.5, 0.6) is 0 Å². The maximum absolute atomic E-state index is 12.7. The van der Waals surface area contributed by atoms with Crippen LogP contribution in [0.15, 0.2) is 97.3 Å². The molecule has 2 amide bonds. The molecule has 0 bridgehead atoms. The summed E-state index contributed by atoms with van der Waals surface area (Å²) in [6.07, 6.45) is 3.49. The second-order valence-corrected chi connectivity index (χ2v) is 8.93. The van der Waals surface area contributed by atoms with Gasteiger partial charge in [-0.25, -0.2) is 0 Å². The number of nitrogens with zero attached hydrogens (tertiary/aromatic N) is 2. The van der Waals surface area contributed by atoms with E-state index in [1.54, 1.807) is 18.5 Å². The van der Waals surface area contributed by atoms with Gasteiger partial charge in [-0.3, -0.25) is 14.6 Å². The zero-order valence-corrected chi connectivity index (χ0v) is 20.6. The molecule has 1 aromatic heterocycles. The van der Waals surface area contributed by atoms with Gasteiger partial charge in [-0.1, -0.05) is 48.5 Å². The third-order valence-corrected chi connectivity index (χ3v) is 5.78. The first kappa shape index (κ1) is 24.8. The van der Waals surface area contributed by atoms with Gasteiger partial charge in [-0.05, 0) is 78.3 Å². The molecule has 2 N–H and O–H groups in total. The molecule has 0 atom stereocenters. The fourth-order valence-corrected chi connectivity index (χ4v) is 3.88. The van der Waals surface area contributed by atoms with E-state index in [1.807, 2.05) is 80.8 Å². The van der Waals surface area contributed by atoms with Gasteiger partial charge in [-0.2, -0.15) is 0 Å². The average molecular weight is 479 g/mol. The van der Waals surface area contributed by atoms with Crippen molar-refractivity contribution >= 4 is 11.8 Å². The van der Waals surface area contributed by atoms with Crippen molar-refractivity contribution in [3.05, 3.63) is 125 Å². The fourth-order valence-electron chi connectivity index (χ4n) is 3.88. The van der Waals surface area contributed by atoms with Gasteiger partial charge in [-0.15, -0.1) is 0 Å². The van der Waals surface area contributed by atoms with E-state index in [2.05, 4.69) is 32.7 Å². The van der Waals surface area contributed by atoms with Crippen molar-refractivity contribution < 1.29 is 9.59 Å². The van der Waals surface area contributed by atoms with Crippen molar-refractivity contribution in [2.75, 3.05) is 14.1 Å². The Morgan fingerprint density at radius 1 is 0.667 bits per heavy atom. The highest BCUT2D eigenvalue weighted by Gasteiger charge is 2.09. The maximum atomic E-state index is 12.7. The molecule has 4 rings (SSSR count). The Hall–Kier alpha value is -4.29. The monoisotopic (exact) mass is 478 g/mol. The van der Waals surface area contributed by atoms with Crippen LogP contribution in [0.1, 0.15) is 37.4 Å². The average Bonchev–Trinajstić information content (AvgIpc) is 2.91. The third kappa shape index (κ3) is 6.87. The highest BCUT2D eigenvalue weighted by atomic mass is 16.2. The molecule has 0 radical (unpaired) electrons. The van der Waals surface area contributed by atoms with Crippen LogP contribution in [0.2, 0.25) is 0 Å². The number of carbonyl (C=O) groups excluding carboxylic acids is 2. The van der Waals surface area contributed by atoms with Gasteiger partial charge in [0.1, 0.15) is 0 Å². The molecule has 0 saturated heterocycles. The summed E-state index contributed by atoms with van der Waals surface area (Å²) in [5.74, 6) is -0.309. The molecular weight excluding hydrogens is 448 g/mol. The maximum Gasteiger partial charge on any atom is 0.251 e. The highest BCUT2D eigenvalue weighted by Crippen LogP contribution is 2.18. The summed E-state index contributed by atoms with van der Waals surface area (Å²) in [4.78, 5) is 31.5. The van der Waals surface area contributed by atoms with Gasteiger partial charge in [0.25, 0.3) is 11.8 Å². The quantitative estimate of drug-likeness (QED) is 0.367. The van der Waals surface area contributed by atoms with E-state index in [0.717, 1.165) is 28.8 Å². The van der Waals surface area contributed by atoms with Crippen molar-refractivity contribution in [2.24, 2.45) is 0 Å². The molecule has 0 fully saturated rings. The summed E-state index contributed by atoms with van der Waals surface area (Å²) in [5, 5.41) is 5.90. The number of hydrogen-bond acceptors (Lipinski definition) is 4. The number of carbonyl (C=O) groups is 2. The van der Waals surface area contributed by atoms with Crippen molar-refractivity contribution in [3.63, 3.8) is 0 Å². The first-order valence-corrected chi connectivity index (χ1v) is 11.9. The Bertz CT molecular complexity index is 1300. The summed E-state index contributed by atoms with van der Waals surface area (Å²) in [7, 11) is 4.07. The molecule has 3 aromatic carbocycles. The lowest BCUT2D eigenvalue weighted by molar-refractivity contribution is 0.0945. The lowest BCUT2D eigenvalue weighted by Crippen LogP contribution is -2.24. The van der Waals surface area contributed by atoms with Crippen LogP contribution in [0, 0.1) is 0 Å². The predicted molar refractivity (Wildman–Crippen MR) is 142 cm³/mol. The predicted octanol–water partition coefficient (Wildman–Crippen LogP) is 4.67. The van der Waals surface area contributed by atoms with Crippen LogP contribution in [0.3, 0.4) is 0 Å². The molecule has 4 aromatic rings. The van der Waals surface area contributed by atoms with Crippen molar-refractivity contribution in [1.82, 2.24) is 20.5 Å². The molecule has 1 heterocycles. The van der Waals surface area contributed by atoms with Crippen LogP contribution in [0.25, 0.3) is 11.1 Å². The number of aromatic nitrogens is 1. The standard InChI is InChI=1S/C30H30N4O2/c1-34(2)21-23-8-6-22(7-9-23)19-32-30(36)28-5-3-4-24(18-28)20-33-29(35)27-12-10-25(11-13-27)26-14-16-31-17-15-26/h3-18H,19-21H2,1-2H3,(H,32,36)(H,33,35). The van der Waals surface area contributed by atoms with Gasteiger partial charge in [0.05, 0.1) is 0 Å². The molecule has 0 spiro atoms. The topological polar surface area (TPSA) is 74.3 Å². The van der Waals surface area contributed by atoms with E-state index >= 15 is 0 Å². The van der Waals surface area contributed by atoms with Crippen LogP contribution in [-0.2, 0) is 19.6 Å². The van der Waals surface area contributed by atoms with Gasteiger partial charge >= 0.3 is 0 Å². The number of benzene rings is 3. The molecule has 0 aliphatic rings. The van der Waals surface area contributed by atoms with Gasteiger partial charge in [0, 0.05) is 43.2 Å². The molecular formula is C30H30N4O2. The van der Waals surface area contributed by atoms with Crippen LogP contribution >= 0.6 is 0 Å². The lowest BCUT2D eigenvalue weighted by Gasteiger charge is -2.11. The van der Waals surface area contributed by atoms with Crippen molar-refractivity contribution in [2.45, 2.75) is 19.6 Å². The Kier molecular flexibility index (Phi) is 8.21. The van der Waals surface area contributed by atoms with E-state index in [0.29, 0.717) is 24.2 Å². The van der Waals surface area contributed by atoms with Crippen molar-refractivity contribution in [1.29, 1.82) is 0 Å². The van der Waals surface area contributed by atoms with Crippen LogP contribution in [0.4, 0.5) is 0 Å². The molecule has 36 heavy (non-hydrogen) atoms. The number of nitrogens with one attached hydrogen (secondary N) is 2. The Morgan fingerprint density at radius 2 is 1.25 bits per heavy atom. The van der Waals surface area contributed by atoms with Crippen molar-refractivity contribution in [3.8, 4) is 11.1 Å². The van der Waals surface area contributed by atoms with E-state index in [4.69, 9.17) is 0 Å². The highest BCUT2D eigenvalue weighted by molar-refractivity contribution is 5.95. The van der Waals surface area contributed by atoms with E-state index in [1.165, 1.54) is 5.56 Å². The Labute approximate surface area is 212 Å². The van der Waals surface area contributed by atoms with Gasteiger partial charge in [0.2, 0.25) is 0 Å². The summed E-state index contributed by atoms with van der Waals surface area (Å²) in [5.41, 5.74) is 6.35. The largest absolute Gasteiger partial charge is 0.348 e. The normalized spacial score (nSPS) is 10.8. The molecule has 0 unspecified atom stereocenters. The minimum atomic E-state index is -0.163. The second-order valence-electron chi connectivity index (χ2n) is 8.93. The molecule has 0 saturated carbocycles. The summed E-state index contributed by atoms with van der Waals surface area (Å²) in [6, 6.07) is 26.9.